The van der Waals surface area contributed by atoms with Crippen LogP contribution in [0.4, 0.5) is 4.79 Å². The van der Waals surface area contributed by atoms with Crippen molar-refractivity contribution in [3.8, 4) is 5.75 Å². The highest BCUT2D eigenvalue weighted by Crippen LogP contribution is 2.36. The summed E-state index contributed by atoms with van der Waals surface area (Å²) in [5.74, 6) is 0.624. The second-order valence-corrected chi connectivity index (χ2v) is 10.8. The molecule has 0 saturated carbocycles. The van der Waals surface area contributed by atoms with E-state index >= 15 is 0 Å². The van der Waals surface area contributed by atoms with E-state index in [9.17, 15) is 9.59 Å². The summed E-state index contributed by atoms with van der Waals surface area (Å²) >= 11 is 0. The van der Waals surface area contributed by atoms with E-state index in [1.54, 1.807) is 12.0 Å². The SMILES string of the molecule is COc1ccc(B2OC(C)(C)C(C)(C)O2)cc1CC(=O)N1CC[C@@H](NC(=O)OC(C)(C)C)C1. The van der Waals surface area contributed by atoms with Crippen LogP contribution in [-0.2, 0) is 25.3 Å². The smallest absolute Gasteiger partial charge is 0.494 e. The monoisotopic (exact) mass is 460 g/mol. The van der Waals surface area contributed by atoms with Crippen LogP contribution in [0.5, 0.6) is 5.75 Å². The van der Waals surface area contributed by atoms with Gasteiger partial charge in [0.25, 0.3) is 0 Å². The fourth-order valence-electron chi connectivity index (χ4n) is 3.92. The predicted molar refractivity (Wildman–Crippen MR) is 127 cm³/mol. The van der Waals surface area contributed by atoms with Crippen molar-refractivity contribution in [2.75, 3.05) is 20.2 Å². The van der Waals surface area contributed by atoms with Gasteiger partial charge in [-0.2, -0.15) is 0 Å². The van der Waals surface area contributed by atoms with Gasteiger partial charge in [-0.05, 0) is 66.4 Å². The van der Waals surface area contributed by atoms with E-state index in [0.717, 1.165) is 11.0 Å². The molecule has 2 amide bonds. The summed E-state index contributed by atoms with van der Waals surface area (Å²) in [6.07, 6.45) is 0.421. The number of carbonyl (C=O) groups excluding carboxylic acids is 2. The highest BCUT2D eigenvalue weighted by molar-refractivity contribution is 6.62. The van der Waals surface area contributed by atoms with Gasteiger partial charge in [0.2, 0.25) is 5.91 Å². The highest BCUT2D eigenvalue weighted by atomic mass is 16.7. The molecule has 2 heterocycles. The van der Waals surface area contributed by atoms with Crippen LogP contribution in [0.2, 0.25) is 0 Å². The normalized spacial score (nSPS) is 21.8. The number of carbonyl (C=O) groups is 2. The first-order valence-electron chi connectivity index (χ1n) is 11.5. The minimum absolute atomic E-state index is 0.0205. The van der Waals surface area contributed by atoms with Crippen molar-refractivity contribution in [1.82, 2.24) is 10.2 Å². The van der Waals surface area contributed by atoms with Crippen LogP contribution in [0.25, 0.3) is 0 Å². The molecule has 0 aliphatic carbocycles. The van der Waals surface area contributed by atoms with E-state index in [1.807, 2.05) is 66.7 Å². The van der Waals surface area contributed by atoms with Gasteiger partial charge < -0.3 is 29.0 Å². The lowest BCUT2D eigenvalue weighted by Gasteiger charge is -2.32. The summed E-state index contributed by atoms with van der Waals surface area (Å²) in [6, 6.07) is 5.55. The molecular formula is C24H37BN2O6. The summed E-state index contributed by atoms with van der Waals surface area (Å²) in [5, 5.41) is 2.86. The Balaban J connectivity index is 1.65. The number of methoxy groups -OCH3 is 1. The zero-order chi connectivity index (χ0) is 24.6. The number of hydrogen-bond acceptors (Lipinski definition) is 6. The second kappa shape index (κ2) is 9.18. The van der Waals surface area contributed by atoms with Crippen LogP contribution >= 0.6 is 0 Å². The molecule has 0 aromatic heterocycles. The molecule has 0 bridgehead atoms. The van der Waals surface area contributed by atoms with Crippen LogP contribution in [-0.4, -0.2) is 67.1 Å². The van der Waals surface area contributed by atoms with Crippen molar-refractivity contribution in [2.45, 2.75) is 84.2 Å². The van der Waals surface area contributed by atoms with E-state index in [-0.39, 0.29) is 18.4 Å². The molecule has 2 fully saturated rings. The Morgan fingerprint density at radius 3 is 2.39 bits per heavy atom. The summed E-state index contributed by atoms with van der Waals surface area (Å²) in [6.45, 7) is 14.5. The predicted octanol–water partition coefficient (Wildman–Crippen LogP) is 2.66. The van der Waals surface area contributed by atoms with Crippen LogP contribution in [0.3, 0.4) is 0 Å². The Hall–Kier alpha value is -2.26. The minimum Gasteiger partial charge on any atom is -0.496 e. The molecule has 8 nitrogen and oxygen atoms in total. The van der Waals surface area contributed by atoms with Gasteiger partial charge in [-0.25, -0.2) is 4.79 Å². The number of benzene rings is 1. The molecule has 0 unspecified atom stereocenters. The maximum Gasteiger partial charge on any atom is 0.494 e. The quantitative estimate of drug-likeness (QED) is 0.681. The maximum atomic E-state index is 13.0. The Morgan fingerprint density at radius 1 is 1.18 bits per heavy atom. The molecule has 1 aromatic rings. The minimum atomic E-state index is -0.559. The maximum absolute atomic E-state index is 13.0. The van der Waals surface area contributed by atoms with Gasteiger partial charge >= 0.3 is 13.2 Å². The van der Waals surface area contributed by atoms with Crippen LogP contribution in [0.15, 0.2) is 18.2 Å². The molecule has 2 aliphatic rings. The number of alkyl carbamates (subject to hydrolysis) is 1. The third-order valence-electron chi connectivity index (χ3n) is 6.43. The molecule has 1 atom stereocenters. The van der Waals surface area contributed by atoms with Crippen LogP contribution < -0.4 is 15.5 Å². The average Bonchev–Trinajstić information content (AvgIpc) is 3.21. The zero-order valence-electron chi connectivity index (χ0n) is 21.1. The van der Waals surface area contributed by atoms with Gasteiger partial charge in [0, 0.05) is 18.7 Å². The summed E-state index contributed by atoms with van der Waals surface area (Å²) in [4.78, 5) is 26.9. The number of likely N-dealkylation sites (tertiary alicyclic amines) is 1. The van der Waals surface area contributed by atoms with Crippen LogP contribution in [0.1, 0.15) is 60.5 Å². The molecule has 0 spiro atoms. The fraction of sp³-hybridized carbons (Fsp3) is 0.667. The van der Waals surface area contributed by atoms with Gasteiger partial charge in [0.1, 0.15) is 11.4 Å². The van der Waals surface area contributed by atoms with Crippen molar-refractivity contribution in [1.29, 1.82) is 0 Å². The average molecular weight is 460 g/mol. The molecular weight excluding hydrogens is 423 g/mol. The van der Waals surface area contributed by atoms with E-state index in [2.05, 4.69) is 5.32 Å². The summed E-state index contributed by atoms with van der Waals surface area (Å²) < 4.78 is 23.1. The number of rotatable bonds is 5. The highest BCUT2D eigenvalue weighted by Gasteiger charge is 2.51. The first-order valence-corrected chi connectivity index (χ1v) is 11.5. The van der Waals surface area contributed by atoms with E-state index in [0.29, 0.717) is 25.3 Å². The zero-order valence-corrected chi connectivity index (χ0v) is 21.1. The standard InChI is InChI=1S/C24H37BN2O6/c1-22(2,3)31-21(29)26-18-11-12-27(15-18)20(28)14-16-13-17(9-10-19(16)30-8)25-32-23(4,5)24(6,7)33-25/h9-10,13,18H,11-12,14-15H2,1-8H3,(H,26,29)/t18-/m1/s1. The lowest BCUT2D eigenvalue weighted by Crippen LogP contribution is -2.41. The molecule has 1 aromatic carbocycles. The van der Waals surface area contributed by atoms with E-state index in [1.165, 1.54) is 0 Å². The Bertz CT molecular complexity index is 879. The molecule has 1 N–H and O–H groups in total. The van der Waals surface area contributed by atoms with Crippen molar-refractivity contribution in [3.05, 3.63) is 23.8 Å². The van der Waals surface area contributed by atoms with Crippen molar-refractivity contribution in [2.24, 2.45) is 0 Å². The molecule has 2 saturated heterocycles. The molecule has 9 heteroatoms. The first kappa shape index (κ1) is 25.4. The first-order chi connectivity index (χ1) is 15.2. The van der Waals surface area contributed by atoms with Gasteiger partial charge in [-0.1, -0.05) is 12.1 Å². The van der Waals surface area contributed by atoms with E-state index in [4.69, 9.17) is 18.8 Å². The number of hydrogen-bond donors (Lipinski definition) is 1. The largest absolute Gasteiger partial charge is 0.496 e. The van der Waals surface area contributed by atoms with Crippen LogP contribution in [0, 0.1) is 0 Å². The summed E-state index contributed by atoms with van der Waals surface area (Å²) in [5.41, 5.74) is 0.177. The van der Waals surface area contributed by atoms with Crippen molar-refractivity contribution >= 4 is 24.6 Å². The Labute approximate surface area is 197 Å². The third kappa shape index (κ3) is 6.01. The second-order valence-electron chi connectivity index (χ2n) is 10.8. The number of amides is 2. The molecule has 182 valence electrons. The van der Waals surface area contributed by atoms with Gasteiger partial charge in [0.15, 0.2) is 0 Å². The molecule has 3 rings (SSSR count). The third-order valence-corrected chi connectivity index (χ3v) is 6.43. The number of nitrogens with zero attached hydrogens (tertiary/aromatic N) is 1. The summed E-state index contributed by atoms with van der Waals surface area (Å²) in [7, 11) is 1.08. The number of nitrogens with one attached hydrogen (secondary N) is 1. The van der Waals surface area contributed by atoms with Gasteiger partial charge in [-0.15, -0.1) is 0 Å². The molecule has 2 aliphatic heterocycles. The lowest BCUT2D eigenvalue weighted by atomic mass is 9.78. The number of ether oxygens (including phenoxy) is 2. The van der Waals surface area contributed by atoms with Gasteiger partial charge in [-0.3, -0.25) is 4.79 Å². The van der Waals surface area contributed by atoms with Gasteiger partial charge in [0.05, 0.1) is 30.8 Å². The Morgan fingerprint density at radius 2 is 1.82 bits per heavy atom. The topological polar surface area (TPSA) is 86.3 Å². The lowest BCUT2D eigenvalue weighted by molar-refractivity contribution is -0.129. The fourth-order valence-corrected chi connectivity index (χ4v) is 3.92. The molecule has 33 heavy (non-hydrogen) atoms. The van der Waals surface area contributed by atoms with Crippen molar-refractivity contribution in [3.63, 3.8) is 0 Å². The Kier molecular flexibility index (Phi) is 7.06. The molecule has 0 radical (unpaired) electrons. The van der Waals surface area contributed by atoms with E-state index < -0.39 is 30.0 Å². The van der Waals surface area contributed by atoms with Crippen molar-refractivity contribution < 1.29 is 28.4 Å².